The van der Waals surface area contributed by atoms with Gasteiger partial charge in [-0.2, -0.15) is 0 Å². The monoisotopic (exact) mass is 216 g/mol. The summed E-state index contributed by atoms with van der Waals surface area (Å²) in [5.41, 5.74) is 3.65. The number of hydrogen-bond donors (Lipinski definition) is 0. The minimum atomic E-state index is 0.463. The predicted octanol–water partition coefficient (Wildman–Crippen LogP) is 4.05. The van der Waals surface area contributed by atoms with E-state index < -0.39 is 0 Å². The molecule has 0 N–H and O–H groups in total. The lowest BCUT2D eigenvalue weighted by Gasteiger charge is -2.14. The molecule has 0 radical (unpaired) electrons. The van der Waals surface area contributed by atoms with Crippen LogP contribution < -0.4 is 0 Å². The average Bonchev–Trinajstić information content (AvgIpc) is 2.55. The van der Waals surface area contributed by atoms with E-state index in [9.17, 15) is 0 Å². The Balaban J connectivity index is 2.75. The van der Waals surface area contributed by atoms with Crippen molar-refractivity contribution in [2.45, 2.75) is 46.6 Å². The van der Waals surface area contributed by atoms with Crippen LogP contribution in [0.4, 0.5) is 0 Å². The highest BCUT2D eigenvalue weighted by Crippen LogP contribution is 2.26. The van der Waals surface area contributed by atoms with E-state index in [1.807, 2.05) is 0 Å². The highest BCUT2D eigenvalue weighted by Gasteiger charge is 2.15. The Kier molecular flexibility index (Phi) is 2.75. The number of fused-ring (bicyclic) bond motifs is 1. The zero-order valence-corrected chi connectivity index (χ0v) is 10.8. The maximum atomic E-state index is 4.76. The summed E-state index contributed by atoms with van der Waals surface area (Å²) in [6.45, 7) is 10.9. The third-order valence-electron chi connectivity index (χ3n) is 2.91. The molecule has 86 valence electrons. The maximum Gasteiger partial charge on any atom is 0.112 e. The van der Waals surface area contributed by atoms with Gasteiger partial charge in [0.15, 0.2) is 0 Å². The summed E-state index contributed by atoms with van der Waals surface area (Å²) in [5, 5.41) is 0. The number of rotatable bonds is 2. The lowest BCUT2D eigenvalue weighted by Crippen LogP contribution is -2.07. The predicted molar refractivity (Wildman–Crippen MR) is 68.9 cm³/mol. The van der Waals surface area contributed by atoms with Gasteiger partial charge in [0.05, 0.1) is 11.0 Å². The third-order valence-corrected chi connectivity index (χ3v) is 2.91. The van der Waals surface area contributed by atoms with Gasteiger partial charge >= 0.3 is 0 Å². The second-order valence-corrected chi connectivity index (χ2v) is 5.08. The summed E-state index contributed by atoms with van der Waals surface area (Å²) in [5.74, 6) is 1.66. The van der Waals surface area contributed by atoms with Crippen LogP contribution in [0.2, 0.25) is 0 Å². The second-order valence-electron chi connectivity index (χ2n) is 5.08. The van der Waals surface area contributed by atoms with Crippen molar-refractivity contribution in [1.29, 1.82) is 0 Å². The topological polar surface area (TPSA) is 17.8 Å². The summed E-state index contributed by atoms with van der Waals surface area (Å²) in [6, 6.07) is 6.97. The Bertz CT molecular complexity index is 507. The fourth-order valence-electron chi connectivity index (χ4n) is 2.18. The molecular weight excluding hydrogens is 196 g/mol. The Morgan fingerprint density at radius 2 is 1.81 bits per heavy atom. The molecule has 16 heavy (non-hydrogen) atoms. The van der Waals surface area contributed by atoms with Gasteiger partial charge in [0.1, 0.15) is 5.82 Å². The molecule has 2 aromatic rings. The van der Waals surface area contributed by atoms with Crippen LogP contribution in [0.5, 0.6) is 0 Å². The van der Waals surface area contributed by atoms with Crippen molar-refractivity contribution in [3.63, 3.8) is 0 Å². The molecule has 0 unspecified atom stereocenters. The van der Waals surface area contributed by atoms with Gasteiger partial charge in [-0.15, -0.1) is 0 Å². The molecule has 0 atom stereocenters. The van der Waals surface area contributed by atoms with E-state index in [1.165, 1.54) is 16.9 Å². The Labute approximate surface area is 97.3 Å². The van der Waals surface area contributed by atoms with Gasteiger partial charge < -0.3 is 4.57 Å². The maximum absolute atomic E-state index is 4.76. The summed E-state index contributed by atoms with van der Waals surface area (Å²) in [6.07, 6.45) is 0. The van der Waals surface area contributed by atoms with E-state index in [0.717, 1.165) is 5.52 Å². The molecule has 0 amide bonds. The lowest BCUT2D eigenvalue weighted by atomic mass is 10.2. The fourth-order valence-corrected chi connectivity index (χ4v) is 2.18. The van der Waals surface area contributed by atoms with Crippen LogP contribution in [0.25, 0.3) is 11.0 Å². The van der Waals surface area contributed by atoms with Crippen molar-refractivity contribution in [3.8, 4) is 0 Å². The molecule has 0 saturated carbocycles. The standard InChI is InChI=1S/C14H20N2/c1-9(2)14-15-12-8-11(5)6-7-13(12)16(14)10(3)4/h6-10H,1-5H3. The summed E-state index contributed by atoms with van der Waals surface area (Å²) in [4.78, 5) is 4.76. The van der Waals surface area contributed by atoms with Gasteiger partial charge in [-0.25, -0.2) is 4.98 Å². The van der Waals surface area contributed by atoms with Crippen LogP contribution >= 0.6 is 0 Å². The summed E-state index contributed by atoms with van der Waals surface area (Å²) in [7, 11) is 0. The second kappa shape index (κ2) is 3.93. The number of aromatic nitrogens is 2. The van der Waals surface area contributed by atoms with Gasteiger partial charge in [0, 0.05) is 12.0 Å². The average molecular weight is 216 g/mol. The molecule has 2 rings (SSSR count). The van der Waals surface area contributed by atoms with E-state index in [4.69, 9.17) is 4.98 Å². The first-order valence-electron chi connectivity index (χ1n) is 5.99. The molecule has 0 aliphatic heterocycles. The molecule has 0 aliphatic rings. The number of nitrogens with zero attached hydrogens (tertiary/aromatic N) is 2. The zero-order valence-electron chi connectivity index (χ0n) is 10.8. The van der Waals surface area contributed by atoms with Gasteiger partial charge in [-0.3, -0.25) is 0 Å². The van der Waals surface area contributed by atoms with E-state index in [1.54, 1.807) is 0 Å². The van der Waals surface area contributed by atoms with Gasteiger partial charge in [0.2, 0.25) is 0 Å². The summed E-state index contributed by atoms with van der Waals surface area (Å²) >= 11 is 0. The number of hydrogen-bond acceptors (Lipinski definition) is 1. The first-order valence-corrected chi connectivity index (χ1v) is 5.99. The van der Waals surface area contributed by atoms with Crippen LogP contribution in [0, 0.1) is 6.92 Å². The molecule has 2 nitrogen and oxygen atoms in total. The number of imidazole rings is 1. The van der Waals surface area contributed by atoms with Gasteiger partial charge in [-0.1, -0.05) is 19.9 Å². The van der Waals surface area contributed by atoms with Crippen molar-refractivity contribution < 1.29 is 0 Å². The smallest absolute Gasteiger partial charge is 0.112 e. The SMILES string of the molecule is Cc1ccc2c(c1)nc(C(C)C)n2C(C)C. The fraction of sp³-hybridized carbons (Fsp3) is 0.500. The molecule has 0 bridgehead atoms. The quantitative estimate of drug-likeness (QED) is 0.740. The molecule has 0 aliphatic carbocycles. The normalized spacial score (nSPS) is 11.9. The van der Waals surface area contributed by atoms with E-state index in [-0.39, 0.29) is 0 Å². The molecule has 1 heterocycles. The largest absolute Gasteiger partial charge is 0.325 e. The van der Waals surface area contributed by atoms with Crippen molar-refractivity contribution >= 4 is 11.0 Å². The Hall–Kier alpha value is -1.31. The Morgan fingerprint density at radius 1 is 1.12 bits per heavy atom. The lowest BCUT2D eigenvalue weighted by molar-refractivity contribution is 0.564. The van der Waals surface area contributed by atoms with Crippen molar-refractivity contribution in [3.05, 3.63) is 29.6 Å². The molecule has 1 aromatic carbocycles. The van der Waals surface area contributed by atoms with Crippen LogP contribution in [-0.2, 0) is 0 Å². The van der Waals surface area contributed by atoms with Crippen molar-refractivity contribution in [1.82, 2.24) is 9.55 Å². The van der Waals surface area contributed by atoms with E-state index in [0.29, 0.717) is 12.0 Å². The minimum Gasteiger partial charge on any atom is -0.325 e. The highest BCUT2D eigenvalue weighted by atomic mass is 15.1. The number of benzene rings is 1. The minimum absolute atomic E-state index is 0.463. The third kappa shape index (κ3) is 1.73. The van der Waals surface area contributed by atoms with E-state index in [2.05, 4.69) is 57.4 Å². The Morgan fingerprint density at radius 3 is 2.38 bits per heavy atom. The molecule has 0 fully saturated rings. The first kappa shape index (κ1) is 11.2. The molecular formula is C14H20N2. The van der Waals surface area contributed by atoms with E-state index >= 15 is 0 Å². The molecule has 0 saturated heterocycles. The van der Waals surface area contributed by atoms with Crippen molar-refractivity contribution in [2.24, 2.45) is 0 Å². The van der Waals surface area contributed by atoms with Crippen LogP contribution in [0.1, 0.15) is 51.0 Å². The first-order chi connectivity index (χ1) is 7.50. The molecule has 1 aromatic heterocycles. The van der Waals surface area contributed by atoms with Crippen LogP contribution in [0.3, 0.4) is 0 Å². The zero-order chi connectivity index (χ0) is 11.9. The molecule has 0 spiro atoms. The molecule has 2 heteroatoms. The van der Waals surface area contributed by atoms with Crippen molar-refractivity contribution in [2.75, 3.05) is 0 Å². The van der Waals surface area contributed by atoms with Crippen LogP contribution in [0.15, 0.2) is 18.2 Å². The van der Waals surface area contributed by atoms with Crippen LogP contribution in [-0.4, -0.2) is 9.55 Å². The van der Waals surface area contributed by atoms with Gasteiger partial charge in [0.25, 0.3) is 0 Å². The number of aryl methyl sites for hydroxylation is 1. The van der Waals surface area contributed by atoms with Gasteiger partial charge in [-0.05, 0) is 38.5 Å². The highest BCUT2D eigenvalue weighted by molar-refractivity contribution is 5.77. The summed E-state index contributed by atoms with van der Waals surface area (Å²) < 4.78 is 2.35.